The molecule has 6 rings (SSSR count). The SMILES string of the molecule is c1csc(CN2CCC3C(C2)c2cccc4c2N3c2ccccc2CC4)c1. The van der Waals surface area contributed by atoms with Gasteiger partial charge in [-0.15, -0.1) is 11.3 Å². The zero-order valence-corrected chi connectivity index (χ0v) is 16.3. The Labute approximate surface area is 165 Å². The minimum absolute atomic E-state index is 0.611. The number of rotatable bonds is 2. The Balaban J connectivity index is 1.41. The lowest BCUT2D eigenvalue weighted by Gasteiger charge is -2.39. The molecule has 1 aromatic heterocycles. The van der Waals surface area contributed by atoms with E-state index in [1.54, 1.807) is 11.1 Å². The summed E-state index contributed by atoms with van der Waals surface area (Å²) in [4.78, 5) is 6.88. The van der Waals surface area contributed by atoms with Crippen molar-refractivity contribution in [1.82, 2.24) is 4.90 Å². The number of fused-ring (bicyclic) bond motifs is 5. The van der Waals surface area contributed by atoms with E-state index in [9.17, 15) is 0 Å². The predicted molar refractivity (Wildman–Crippen MR) is 113 cm³/mol. The molecule has 27 heavy (non-hydrogen) atoms. The zero-order valence-electron chi connectivity index (χ0n) is 15.5. The molecule has 3 aliphatic rings. The van der Waals surface area contributed by atoms with Gasteiger partial charge < -0.3 is 4.90 Å². The first-order chi connectivity index (χ1) is 13.4. The predicted octanol–water partition coefficient (Wildman–Crippen LogP) is 5.36. The van der Waals surface area contributed by atoms with Gasteiger partial charge in [0.2, 0.25) is 0 Å². The normalized spacial score (nSPS) is 23.5. The van der Waals surface area contributed by atoms with Crippen molar-refractivity contribution < 1.29 is 0 Å². The number of anilines is 2. The van der Waals surface area contributed by atoms with E-state index in [0.29, 0.717) is 12.0 Å². The average molecular weight is 373 g/mol. The molecule has 2 aromatic carbocycles. The van der Waals surface area contributed by atoms with Gasteiger partial charge in [-0.05, 0) is 53.5 Å². The molecule has 3 aromatic rings. The smallest absolute Gasteiger partial charge is 0.0483 e. The van der Waals surface area contributed by atoms with Gasteiger partial charge in [0.25, 0.3) is 0 Å². The summed E-state index contributed by atoms with van der Waals surface area (Å²) in [6.45, 7) is 3.48. The van der Waals surface area contributed by atoms with Crippen LogP contribution in [-0.2, 0) is 19.4 Å². The number of para-hydroxylation sites is 2. The fraction of sp³-hybridized carbons (Fsp3) is 0.333. The molecule has 2 unspecified atom stereocenters. The van der Waals surface area contributed by atoms with Crippen molar-refractivity contribution in [2.45, 2.75) is 37.8 Å². The molecule has 0 amide bonds. The molecule has 0 radical (unpaired) electrons. The van der Waals surface area contributed by atoms with Gasteiger partial charge in [-0.3, -0.25) is 4.90 Å². The monoisotopic (exact) mass is 372 g/mol. The van der Waals surface area contributed by atoms with Gasteiger partial charge >= 0.3 is 0 Å². The number of likely N-dealkylation sites (tertiary alicyclic amines) is 1. The number of benzene rings is 2. The van der Waals surface area contributed by atoms with Gasteiger partial charge in [0.05, 0.1) is 0 Å². The summed E-state index contributed by atoms with van der Waals surface area (Å²) in [5, 5.41) is 2.20. The maximum absolute atomic E-state index is 2.72. The van der Waals surface area contributed by atoms with E-state index in [1.165, 1.54) is 41.3 Å². The van der Waals surface area contributed by atoms with Crippen molar-refractivity contribution in [2.75, 3.05) is 18.0 Å². The van der Waals surface area contributed by atoms with Gasteiger partial charge in [-0.2, -0.15) is 0 Å². The highest BCUT2D eigenvalue weighted by Crippen LogP contribution is 2.52. The molecular formula is C24H24N2S. The Bertz CT molecular complexity index is 978. The van der Waals surface area contributed by atoms with Crippen LogP contribution in [0.5, 0.6) is 0 Å². The molecule has 1 fully saturated rings. The van der Waals surface area contributed by atoms with Crippen LogP contribution < -0.4 is 4.90 Å². The van der Waals surface area contributed by atoms with E-state index in [-0.39, 0.29) is 0 Å². The molecular weight excluding hydrogens is 348 g/mol. The Morgan fingerprint density at radius 2 is 1.81 bits per heavy atom. The second kappa shape index (κ2) is 6.22. The lowest BCUT2D eigenvalue weighted by molar-refractivity contribution is 0.191. The third kappa shape index (κ3) is 2.49. The maximum atomic E-state index is 2.72. The largest absolute Gasteiger partial charge is 0.337 e. The first-order valence-electron chi connectivity index (χ1n) is 10.1. The first kappa shape index (κ1) is 15.9. The van der Waals surface area contributed by atoms with Gasteiger partial charge in [-0.1, -0.05) is 42.5 Å². The summed E-state index contributed by atoms with van der Waals surface area (Å²) < 4.78 is 0. The van der Waals surface area contributed by atoms with Crippen molar-refractivity contribution in [1.29, 1.82) is 0 Å². The van der Waals surface area contributed by atoms with Crippen molar-refractivity contribution >= 4 is 22.7 Å². The van der Waals surface area contributed by atoms with E-state index in [2.05, 4.69) is 69.8 Å². The summed E-state index contributed by atoms with van der Waals surface area (Å²) >= 11 is 1.89. The van der Waals surface area contributed by atoms with Crippen molar-refractivity contribution in [3.05, 3.63) is 81.5 Å². The molecule has 136 valence electrons. The molecule has 0 saturated carbocycles. The third-order valence-corrected chi connectivity index (χ3v) is 7.52. The van der Waals surface area contributed by atoms with Crippen LogP contribution in [0.3, 0.4) is 0 Å². The number of hydrogen-bond donors (Lipinski definition) is 0. The highest BCUT2D eigenvalue weighted by molar-refractivity contribution is 7.09. The number of piperidine rings is 1. The number of hydrogen-bond acceptors (Lipinski definition) is 3. The molecule has 3 aliphatic heterocycles. The Hall–Kier alpha value is -2.10. The van der Waals surface area contributed by atoms with Gasteiger partial charge in [0, 0.05) is 47.8 Å². The van der Waals surface area contributed by atoms with E-state index >= 15 is 0 Å². The lowest BCUT2D eigenvalue weighted by Crippen LogP contribution is -2.44. The number of aryl methyl sites for hydroxylation is 2. The Morgan fingerprint density at radius 1 is 0.926 bits per heavy atom. The fourth-order valence-electron chi connectivity index (χ4n) is 5.49. The van der Waals surface area contributed by atoms with Crippen LogP contribution in [0.2, 0.25) is 0 Å². The zero-order chi connectivity index (χ0) is 17.8. The molecule has 3 heteroatoms. The molecule has 0 aliphatic carbocycles. The molecule has 4 heterocycles. The minimum atomic E-state index is 0.611. The second-order valence-electron chi connectivity index (χ2n) is 8.13. The van der Waals surface area contributed by atoms with Gasteiger partial charge in [-0.25, -0.2) is 0 Å². The van der Waals surface area contributed by atoms with Crippen molar-refractivity contribution in [2.24, 2.45) is 0 Å². The molecule has 0 bridgehead atoms. The summed E-state index contributed by atoms with van der Waals surface area (Å²) in [6, 6.07) is 21.2. The van der Waals surface area contributed by atoms with Crippen LogP contribution in [0.4, 0.5) is 11.4 Å². The quantitative estimate of drug-likeness (QED) is 0.598. The highest BCUT2D eigenvalue weighted by Gasteiger charge is 2.44. The van der Waals surface area contributed by atoms with Crippen LogP contribution in [-0.4, -0.2) is 24.0 Å². The van der Waals surface area contributed by atoms with Crippen LogP contribution >= 0.6 is 11.3 Å². The summed E-state index contributed by atoms with van der Waals surface area (Å²) in [5.41, 5.74) is 7.65. The molecule has 0 N–H and O–H groups in total. The topological polar surface area (TPSA) is 6.48 Å². The maximum Gasteiger partial charge on any atom is 0.0483 e. The summed E-state index contributed by atoms with van der Waals surface area (Å²) in [6.07, 6.45) is 3.57. The van der Waals surface area contributed by atoms with Crippen molar-refractivity contribution in [3.63, 3.8) is 0 Å². The van der Waals surface area contributed by atoms with Crippen LogP contribution in [0.1, 0.15) is 33.9 Å². The lowest BCUT2D eigenvalue weighted by atomic mass is 9.87. The van der Waals surface area contributed by atoms with E-state index < -0.39 is 0 Å². The van der Waals surface area contributed by atoms with Gasteiger partial charge in [0.1, 0.15) is 0 Å². The molecule has 2 nitrogen and oxygen atoms in total. The average Bonchev–Trinajstić information content (AvgIpc) is 3.28. The van der Waals surface area contributed by atoms with Gasteiger partial charge in [0.15, 0.2) is 0 Å². The van der Waals surface area contributed by atoms with Crippen molar-refractivity contribution in [3.8, 4) is 0 Å². The highest BCUT2D eigenvalue weighted by atomic mass is 32.1. The summed E-state index contributed by atoms with van der Waals surface area (Å²) in [7, 11) is 0. The Morgan fingerprint density at radius 3 is 2.74 bits per heavy atom. The Kier molecular flexibility index (Phi) is 3.66. The van der Waals surface area contributed by atoms with Crippen LogP contribution in [0.25, 0.3) is 0 Å². The van der Waals surface area contributed by atoms with E-state index in [1.807, 2.05) is 11.3 Å². The standard InChI is InChI=1S/C24H24N2S/c1-2-9-22-17(5-1)10-11-18-6-3-8-20-21-16-25(15-19-7-4-14-27-19)13-12-23(21)26(22)24(18)20/h1-9,14,21,23H,10-13,15-16H2. The fourth-order valence-corrected chi connectivity index (χ4v) is 6.23. The third-order valence-electron chi connectivity index (χ3n) is 6.66. The number of thiophene rings is 1. The molecule has 2 atom stereocenters. The first-order valence-corrected chi connectivity index (χ1v) is 11.0. The second-order valence-corrected chi connectivity index (χ2v) is 9.16. The van der Waals surface area contributed by atoms with Crippen LogP contribution in [0, 0.1) is 0 Å². The minimum Gasteiger partial charge on any atom is -0.337 e. The molecule has 0 spiro atoms. The summed E-state index contributed by atoms with van der Waals surface area (Å²) in [5.74, 6) is 0.625. The van der Waals surface area contributed by atoms with E-state index in [0.717, 1.165) is 19.4 Å². The molecule has 1 saturated heterocycles. The van der Waals surface area contributed by atoms with Crippen LogP contribution in [0.15, 0.2) is 60.0 Å². The van der Waals surface area contributed by atoms with E-state index in [4.69, 9.17) is 0 Å². The number of nitrogens with zero attached hydrogens (tertiary/aromatic N) is 2.